The van der Waals surface area contributed by atoms with Crippen LogP contribution in [0.2, 0.25) is 0 Å². The quantitative estimate of drug-likeness (QED) is 0.813. The number of anilines is 1. The van der Waals surface area contributed by atoms with Gasteiger partial charge in [0.15, 0.2) is 5.84 Å². The maximum absolute atomic E-state index is 11.9. The smallest absolute Gasteiger partial charge is 0.290 e. The molecule has 0 aliphatic carbocycles. The van der Waals surface area contributed by atoms with Gasteiger partial charge in [0.1, 0.15) is 0 Å². The molecule has 1 atom stereocenters. The van der Waals surface area contributed by atoms with Crippen molar-refractivity contribution in [2.75, 3.05) is 11.9 Å². The molecule has 0 aromatic heterocycles. The number of aliphatic imine (C=N–C) groups is 1. The first-order chi connectivity index (χ1) is 8.06. The van der Waals surface area contributed by atoms with Gasteiger partial charge in [0, 0.05) is 11.7 Å². The van der Waals surface area contributed by atoms with Crippen LogP contribution in [-0.2, 0) is 4.79 Å². The summed E-state index contributed by atoms with van der Waals surface area (Å²) in [6.07, 6.45) is 0. The second kappa shape index (κ2) is 4.57. The fraction of sp³-hybridized carbons (Fsp3) is 0.385. The van der Waals surface area contributed by atoms with Gasteiger partial charge >= 0.3 is 0 Å². The largest absolute Gasteiger partial charge is 0.361 e. The number of nitrogens with one attached hydrogen (secondary N) is 2. The monoisotopic (exact) mass is 231 g/mol. The Kier molecular flexibility index (Phi) is 3.13. The van der Waals surface area contributed by atoms with Crippen molar-refractivity contribution in [1.82, 2.24) is 5.32 Å². The molecule has 2 rings (SSSR count). The van der Waals surface area contributed by atoms with E-state index >= 15 is 0 Å². The Balaban J connectivity index is 2.11. The molecule has 0 bridgehead atoms. The standard InChI is InChI=1S/C13H17N3O/c1-8-4-5-9(2)11(6-8)16-13(17)12-14-7-10(3)15-12/h4-6,10H,7H2,1-3H3,(H,14,15)(H,16,17). The number of amides is 1. The fourth-order valence-corrected chi connectivity index (χ4v) is 1.74. The summed E-state index contributed by atoms with van der Waals surface area (Å²) < 4.78 is 0. The number of carbonyl (C=O) groups excluding carboxylic acids is 1. The number of rotatable bonds is 2. The van der Waals surface area contributed by atoms with Crippen molar-refractivity contribution in [2.45, 2.75) is 26.8 Å². The first-order valence-electron chi connectivity index (χ1n) is 5.76. The number of nitrogens with zero attached hydrogens (tertiary/aromatic N) is 1. The number of carbonyl (C=O) groups is 1. The molecule has 0 saturated heterocycles. The molecule has 90 valence electrons. The van der Waals surface area contributed by atoms with Gasteiger partial charge in [-0.3, -0.25) is 9.79 Å². The highest BCUT2D eigenvalue weighted by molar-refractivity contribution is 6.42. The minimum Gasteiger partial charge on any atom is -0.361 e. The maximum atomic E-state index is 11.9. The van der Waals surface area contributed by atoms with E-state index in [-0.39, 0.29) is 11.9 Å². The van der Waals surface area contributed by atoms with Crippen LogP contribution in [0.4, 0.5) is 5.69 Å². The van der Waals surface area contributed by atoms with E-state index in [1.807, 2.05) is 39.0 Å². The molecule has 0 radical (unpaired) electrons. The Labute approximate surface area is 101 Å². The second-order valence-electron chi connectivity index (χ2n) is 4.51. The van der Waals surface area contributed by atoms with Crippen LogP contribution in [0.1, 0.15) is 18.1 Å². The molecule has 1 amide bonds. The highest BCUT2D eigenvalue weighted by Gasteiger charge is 2.19. The van der Waals surface area contributed by atoms with E-state index < -0.39 is 0 Å². The van der Waals surface area contributed by atoms with Gasteiger partial charge in [-0.15, -0.1) is 0 Å². The van der Waals surface area contributed by atoms with E-state index in [0.29, 0.717) is 12.4 Å². The lowest BCUT2D eigenvalue weighted by molar-refractivity contribution is -0.110. The van der Waals surface area contributed by atoms with Crippen LogP contribution in [0.25, 0.3) is 0 Å². The van der Waals surface area contributed by atoms with Crippen LogP contribution in [0.15, 0.2) is 23.2 Å². The number of benzene rings is 1. The average molecular weight is 231 g/mol. The summed E-state index contributed by atoms with van der Waals surface area (Å²) in [5, 5.41) is 5.93. The van der Waals surface area contributed by atoms with Gasteiger partial charge in [-0.1, -0.05) is 12.1 Å². The first-order valence-corrected chi connectivity index (χ1v) is 5.76. The van der Waals surface area contributed by atoms with Gasteiger partial charge in [-0.25, -0.2) is 0 Å². The first kappa shape index (κ1) is 11.6. The van der Waals surface area contributed by atoms with E-state index in [9.17, 15) is 4.79 Å². The van der Waals surface area contributed by atoms with Gasteiger partial charge in [0.25, 0.3) is 5.91 Å². The van der Waals surface area contributed by atoms with E-state index in [0.717, 1.165) is 16.8 Å². The van der Waals surface area contributed by atoms with Crippen LogP contribution in [0.3, 0.4) is 0 Å². The summed E-state index contributed by atoms with van der Waals surface area (Å²) >= 11 is 0. The van der Waals surface area contributed by atoms with Crippen LogP contribution in [0.5, 0.6) is 0 Å². The molecular weight excluding hydrogens is 214 g/mol. The molecule has 4 nitrogen and oxygen atoms in total. The zero-order valence-corrected chi connectivity index (χ0v) is 10.4. The molecule has 1 unspecified atom stereocenters. The molecule has 1 heterocycles. The molecule has 0 fully saturated rings. The minimum absolute atomic E-state index is 0.164. The molecule has 0 spiro atoms. The molecule has 0 saturated carbocycles. The molecule has 1 aliphatic rings. The lowest BCUT2D eigenvalue weighted by Gasteiger charge is -2.10. The molecule has 1 aromatic carbocycles. The number of aryl methyl sites for hydroxylation is 2. The predicted molar refractivity (Wildman–Crippen MR) is 69.4 cm³/mol. The Hall–Kier alpha value is -1.84. The Morgan fingerprint density at radius 2 is 2.24 bits per heavy atom. The van der Waals surface area contributed by atoms with Crippen molar-refractivity contribution in [1.29, 1.82) is 0 Å². The Morgan fingerprint density at radius 1 is 1.47 bits per heavy atom. The van der Waals surface area contributed by atoms with E-state index in [1.165, 1.54) is 0 Å². The van der Waals surface area contributed by atoms with Crippen LogP contribution >= 0.6 is 0 Å². The zero-order chi connectivity index (χ0) is 12.4. The summed E-state index contributed by atoms with van der Waals surface area (Å²) in [6.45, 7) is 6.64. The minimum atomic E-state index is -0.164. The van der Waals surface area contributed by atoms with Crippen molar-refractivity contribution in [2.24, 2.45) is 4.99 Å². The van der Waals surface area contributed by atoms with E-state index in [4.69, 9.17) is 0 Å². The highest BCUT2D eigenvalue weighted by atomic mass is 16.2. The third kappa shape index (κ3) is 2.64. The van der Waals surface area contributed by atoms with Crippen molar-refractivity contribution in [3.05, 3.63) is 29.3 Å². The fourth-order valence-electron chi connectivity index (χ4n) is 1.74. The van der Waals surface area contributed by atoms with Crippen molar-refractivity contribution < 1.29 is 4.79 Å². The predicted octanol–water partition coefficient (Wildman–Crippen LogP) is 1.63. The average Bonchev–Trinajstić information content (AvgIpc) is 2.70. The van der Waals surface area contributed by atoms with E-state index in [1.54, 1.807) is 0 Å². The maximum Gasteiger partial charge on any atom is 0.290 e. The van der Waals surface area contributed by atoms with Gasteiger partial charge in [0.2, 0.25) is 0 Å². The van der Waals surface area contributed by atoms with Gasteiger partial charge in [-0.2, -0.15) is 0 Å². The third-order valence-electron chi connectivity index (χ3n) is 2.76. The van der Waals surface area contributed by atoms with Gasteiger partial charge in [-0.05, 0) is 38.0 Å². The third-order valence-corrected chi connectivity index (χ3v) is 2.76. The highest BCUT2D eigenvalue weighted by Crippen LogP contribution is 2.16. The van der Waals surface area contributed by atoms with E-state index in [2.05, 4.69) is 15.6 Å². The van der Waals surface area contributed by atoms with Crippen molar-refractivity contribution in [3.8, 4) is 0 Å². The number of amidine groups is 1. The van der Waals surface area contributed by atoms with Crippen LogP contribution < -0.4 is 10.6 Å². The van der Waals surface area contributed by atoms with Crippen molar-refractivity contribution >= 4 is 17.4 Å². The number of hydrogen-bond donors (Lipinski definition) is 2. The Bertz CT molecular complexity index is 480. The van der Waals surface area contributed by atoms with Crippen molar-refractivity contribution in [3.63, 3.8) is 0 Å². The molecule has 4 heteroatoms. The summed E-state index contributed by atoms with van der Waals surface area (Å²) in [4.78, 5) is 16.1. The summed E-state index contributed by atoms with van der Waals surface area (Å²) in [6, 6.07) is 6.23. The Morgan fingerprint density at radius 3 is 2.88 bits per heavy atom. The summed E-state index contributed by atoms with van der Waals surface area (Å²) in [7, 11) is 0. The molecule has 17 heavy (non-hydrogen) atoms. The normalized spacial score (nSPS) is 18.5. The van der Waals surface area contributed by atoms with Gasteiger partial charge < -0.3 is 10.6 Å². The van der Waals surface area contributed by atoms with Crippen LogP contribution in [-0.4, -0.2) is 24.3 Å². The molecular formula is C13H17N3O. The lowest BCUT2D eigenvalue weighted by atomic mass is 10.1. The molecule has 2 N–H and O–H groups in total. The number of hydrogen-bond acceptors (Lipinski definition) is 3. The van der Waals surface area contributed by atoms with Crippen LogP contribution in [0, 0.1) is 13.8 Å². The molecule has 1 aliphatic heterocycles. The lowest BCUT2D eigenvalue weighted by Crippen LogP contribution is -2.36. The molecule has 1 aromatic rings. The van der Waals surface area contributed by atoms with Gasteiger partial charge in [0.05, 0.1) is 6.54 Å². The second-order valence-corrected chi connectivity index (χ2v) is 4.51. The SMILES string of the molecule is Cc1ccc(C)c(NC(=O)C2=NCC(C)N2)c1. The summed E-state index contributed by atoms with van der Waals surface area (Å²) in [5.74, 6) is 0.265. The topological polar surface area (TPSA) is 53.5 Å². The summed E-state index contributed by atoms with van der Waals surface area (Å²) in [5.41, 5.74) is 3.02. The zero-order valence-electron chi connectivity index (χ0n) is 10.4.